The molecule has 0 aromatic carbocycles. The van der Waals surface area contributed by atoms with Crippen LogP contribution >= 0.6 is 0 Å². The molecule has 0 saturated carbocycles. The molecule has 0 aliphatic carbocycles. The average molecular weight is 211 g/mol. The van der Waals surface area contributed by atoms with Crippen LogP contribution < -0.4 is 5.32 Å². The molecule has 1 aromatic rings. The largest absolute Gasteiger partial charge is 0.380 e. The fraction of sp³-hybridized carbons (Fsp3) is 0.727. The first kappa shape index (κ1) is 12.2. The van der Waals surface area contributed by atoms with Gasteiger partial charge in [-0.25, -0.2) is 0 Å². The predicted molar refractivity (Wildman–Crippen MR) is 60.8 cm³/mol. The van der Waals surface area contributed by atoms with Gasteiger partial charge in [-0.3, -0.25) is 4.68 Å². The Morgan fingerprint density at radius 2 is 2.27 bits per heavy atom. The van der Waals surface area contributed by atoms with Crippen LogP contribution in [0.1, 0.15) is 24.6 Å². The average Bonchev–Trinajstić information content (AvgIpc) is 2.55. The minimum absolute atomic E-state index is 0.744. The fourth-order valence-corrected chi connectivity index (χ4v) is 1.44. The first-order valence-electron chi connectivity index (χ1n) is 5.53. The maximum Gasteiger partial charge on any atom is 0.0662 e. The molecule has 86 valence electrons. The van der Waals surface area contributed by atoms with E-state index in [1.165, 1.54) is 5.56 Å². The normalized spacial score (nSPS) is 10.9. The maximum absolute atomic E-state index is 5.42. The molecule has 0 radical (unpaired) electrons. The molecule has 1 heterocycles. The van der Waals surface area contributed by atoms with E-state index in [9.17, 15) is 0 Å². The third-order valence-electron chi connectivity index (χ3n) is 2.23. The zero-order valence-corrected chi connectivity index (χ0v) is 9.92. The number of aromatic nitrogens is 2. The Balaban J connectivity index is 2.37. The van der Waals surface area contributed by atoms with E-state index in [2.05, 4.69) is 23.5 Å². The lowest BCUT2D eigenvalue weighted by molar-refractivity contribution is 0.124. The Hall–Kier alpha value is -0.870. The second kappa shape index (κ2) is 6.58. The first-order chi connectivity index (χ1) is 7.27. The molecular weight excluding hydrogens is 190 g/mol. The second-order valence-electron chi connectivity index (χ2n) is 3.65. The Bertz CT molecular complexity index is 283. The summed E-state index contributed by atoms with van der Waals surface area (Å²) in [4.78, 5) is 0. The number of rotatable bonds is 7. The Kier molecular flexibility index (Phi) is 5.36. The van der Waals surface area contributed by atoms with Gasteiger partial charge in [0.15, 0.2) is 0 Å². The lowest BCUT2D eigenvalue weighted by Gasteiger charge is -2.02. The van der Waals surface area contributed by atoms with Crippen molar-refractivity contribution in [3.8, 4) is 0 Å². The summed E-state index contributed by atoms with van der Waals surface area (Å²) in [5, 5.41) is 7.55. The Morgan fingerprint density at radius 3 is 2.93 bits per heavy atom. The van der Waals surface area contributed by atoms with Crippen LogP contribution in [0.3, 0.4) is 0 Å². The molecule has 1 aromatic heterocycles. The van der Waals surface area contributed by atoms with Gasteiger partial charge in [-0.05, 0) is 20.4 Å². The molecule has 0 spiro atoms. The summed E-state index contributed by atoms with van der Waals surface area (Å²) < 4.78 is 7.38. The highest BCUT2D eigenvalue weighted by atomic mass is 16.5. The molecule has 1 N–H and O–H groups in total. The van der Waals surface area contributed by atoms with Crippen molar-refractivity contribution in [1.82, 2.24) is 15.1 Å². The van der Waals surface area contributed by atoms with Crippen molar-refractivity contribution in [2.75, 3.05) is 20.3 Å². The molecule has 0 unspecified atom stereocenters. The van der Waals surface area contributed by atoms with Gasteiger partial charge in [-0.15, -0.1) is 0 Å². The van der Waals surface area contributed by atoms with Crippen LogP contribution in [0.4, 0.5) is 0 Å². The van der Waals surface area contributed by atoms with Crippen LogP contribution in [-0.2, 0) is 17.8 Å². The third kappa shape index (κ3) is 4.01. The zero-order valence-electron chi connectivity index (χ0n) is 9.92. The summed E-state index contributed by atoms with van der Waals surface area (Å²) in [6.07, 6.45) is 3.16. The van der Waals surface area contributed by atoms with Crippen molar-refractivity contribution >= 4 is 0 Å². The van der Waals surface area contributed by atoms with E-state index >= 15 is 0 Å². The van der Waals surface area contributed by atoms with Gasteiger partial charge in [-0.2, -0.15) is 5.10 Å². The number of hydrogen-bond donors (Lipinski definition) is 1. The number of nitrogens with one attached hydrogen (secondary N) is 1. The molecule has 0 aliphatic rings. The monoisotopic (exact) mass is 211 g/mol. The first-order valence-corrected chi connectivity index (χ1v) is 5.53. The molecule has 0 amide bonds. The van der Waals surface area contributed by atoms with E-state index in [1.54, 1.807) is 0 Å². The van der Waals surface area contributed by atoms with Crippen LogP contribution in [-0.4, -0.2) is 30.0 Å². The summed E-state index contributed by atoms with van der Waals surface area (Å²) in [5.74, 6) is 0. The summed E-state index contributed by atoms with van der Waals surface area (Å²) in [6, 6.07) is 0. The van der Waals surface area contributed by atoms with Crippen LogP contribution in [0.15, 0.2) is 6.20 Å². The van der Waals surface area contributed by atoms with Gasteiger partial charge in [0, 0.05) is 24.9 Å². The van der Waals surface area contributed by atoms with Crippen molar-refractivity contribution < 1.29 is 4.74 Å². The fourth-order valence-electron chi connectivity index (χ4n) is 1.44. The lowest BCUT2D eigenvalue weighted by atomic mass is 10.3. The number of hydrogen-bond acceptors (Lipinski definition) is 3. The van der Waals surface area contributed by atoms with Crippen molar-refractivity contribution in [3.05, 3.63) is 17.5 Å². The maximum atomic E-state index is 5.42. The lowest BCUT2D eigenvalue weighted by Crippen LogP contribution is -2.07. The molecule has 4 nitrogen and oxygen atoms in total. The van der Waals surface area contributed by atoms with Crippen molar-refractivity contribution in [3.63, 3.8) is 0 Å². The van der Waals surface area contributed by atoms with Crippen LogP contribution in [0, 0.1) is 6.92 Å². The molecule has 0 fully saturated rings. The van der Waals surface area contributed by atoms with E-state index in [1.807, 2.05) is 18.7 Å². The molecule has 0 aliphatic heterocycles. The molecule has 0 bridgehead atoms. The van der Waals surface area contributed by atoms with Crippen molar-refractivity contribution in [2.45, 2.75) is 33.4 Å². The number of nitrogens with zero attached hydrogens (tertiary/aromatic N) is 2. The molecular formula is C11H21N3O. The van der Waals surface area contributed by atoms with Crippen molar-refractivity contribution in [2.24, 2.45) is 0 Å². The van der Waals surface area contributed by atoms with Gasteiger partial charge >= 0.3 is 0 Å². The Morgan fingerprint density at radius 1 is 1.47 bits per heavy atom. The summed E-state index contributed by atoms with van der Waals surface area (Å²) >= 11 is 0. The van der Waals surface area contributed by atoms with E-state index < -0.39 is 0 Å². The van der Waals surface area contributed by atoms with E-state index in [0.29, 0.717) is 0 Å². The highest BCUT2D eigenvalue weighted by Crippen LogP contribution is 2.04. The summed E-state index contributed by atoms with van der Waals surface area (Å²) in [6.45, 7) is 7.45. The van der Waals surface area contributed by atoms with Gasteiger partial charge < -0.3 is 10.1 Å². The quantitative estimate of drug-likeness (QED) is 0.692. The van der Waals surface area contributed by atoms with Crippen molar-refractivity contribution in [1.29, 1.82) is 0 Å². The SMILES string of the molecule is CCCOCCn1cc(CNC)c(C)n1. The molecule has 0 saturated heterocycles. The van der Waals surface area contributed by atoms with Gasteiger partial charge in [0.1, 0.15) is 0 Å². The smallest absolute Gasteiger partial charge is 0.0662 e. The zero-order chi connectivity index (χ0) is 11.1. The highest BCUT2D eigenvalue weighted by Gasteiger charge is 2.02. The molecule has 1 rings (SSSR count). The number of ether oxygens (including phenoxy) is 1. The van der Waals surface area contributed by atoms with E-state index in [-0.39, 0.29) is 0 Å². The van der Waals surface area contributed by atoms with Crippen LogP contribution in [0.25, 0.3) is 0 Å². The van der Waals surface area contributed by atoms with Gasteiger partial charge in [0.2, 0.25) is 0 Å². The number of aryl methyl sites for hydroxylation is 1. The molecule has 15 heavy (non-hydrogen) atoms. The minimum Gasteiger partial charge on any atom is -0.380 e. The Labute approximate surface area is 91.6 Å². The second-order valence-corrected chi connectivity index (χ2v) is 3.65. The molecule has 0 atom stereocenters. The summed E-state index contributed by atoms with van der Waals surface area (Å²) in [7, 11) is 1.95. The minimum atomic E-state index is 0.744. The molecule has 4 heteroatoms. The topological polar surface area (TPSA) is 39.1 Å². The standard InChI is InChI=1S/C11H21N3O/c1-4-6-15-7-5-14-9-11(8-12-3)10(2)13-14/h9,12H,4-8H2,1-3H3. The van der Waals surface area contributed by atoms with Gasteiger partial charge in [-0.1, -0.05) is 6.92 Å². The van der Waals surface area contributed by atoms with E-state index in [4.69, 9.17) is 4.74 Å². The highest BCUT2D eigenvalue weighted by molar-refractivity contribution is 5.14. The third-order valence-corrected chi connectivity index (χ3v) is 2.23. The van der Waals surface area contributed by atoms with Gasteiger partial charge in [0.25, 0.3) is 0 Å². The van der Waals surface area contributed by atoms with Crippen LogP contribution in [0.2, 0.25) is 0 Å². The van der Waals surface area contributed by atoms with E-state index in [0.717, 1.165) is 38.4 Å². The predicted octanol–water partition coefficient (Wildman–Crippen LogP) is 1.34. The van der Waals surface area contributed by atoms with Gasteiger partial charge in [0.05, 0.1) is 18.8 Å². The van der Waals surface area contributed by atoms with Crippen LogP contribution in [0.5, 0.6) is 0 Å². The summed E-state index contributed by atoms with van der Waals surface area (Å²) in [5.41, 5.74) is 2.35.